The molecule has 0 radical (unpaired) electrons. The van der Waals surface area contributed by atoms with E-state index >= 15 is 0 Å². The highest BCUT2D eigenvalue weighted by Crippen LogP contribution is 2.38. The maximum atomic E-state index is 5.21. The van der Waals surface area contributed by atoms with E-state index in [1.807, 2.05) is 36.4 Å². The molecule has 2 heterocycles. The van der Waals surface area contributed by atoms with Crippen LogP contribution in [0.3, 0.4) is 0 Å². The van der Waals surface area contributed by atoms with Gasteiger partial charge in [-0.25, -0.2) is 15.0 Å². The molecule has 0 aliphatic carbocycles. The standard InChI is InChI=1S/C39H25N3/c1-3-13-27(14-4-1)35-25-36(42-39(41-35)28-15-5-2-6-16-28)29-17-11-18-30(24-29)38-33-23-22-26-12-7-8-19-31(26)37(33)32-20-9-10-21-34(32)40-38/h1-25H. The first kappa shape index (κ1) is 24.2. The van der Waals surface area contributed by atoms with Gasteiger partial charge in [0.1, 0.15) is 0 Å². The van der Waals surface area contributed by atoms with Gasteiger partial charge in [-0.05, 0) is 29.0 Å². The van der Waals surface area contributed by atoms with E-state index in [0.29, 0.717) is 5.82 Å². The Morgan fingerprint density at radius 3 is 1.79 bits per heavy atom. The molecule has 0 bridgehead atoms. The Kier molecular flexibility index (Phi) is 5.79. The third-order valence-electron chi connectivity index (χ3n) is 7.85. The summed E-state index contributed by atoms with van der Waals surface area (Å²) in [6.07, 6.45) is 0. The number of benzene rings is 6. The first-order valence-corrected chi connectivity index (χ1v) is 14.1. The fourth-order valence-corrected chi connectivity index (χ4v) is 5.84. The second-order valence-corrected chi connectivity index (χ2v) is 10.5. The van der Waals surface area contributed by atoms with Crippen LogP contribution < -0.4 is 0 Å². The smallest absolute Gasteiger partial charge is 0.160 e. The van der Waals surface area contributed by atoms with Crippen molar-refractivity contribution in [3.05, 3.63) is 152 Å². The largest absolute Gasteiger partial charge is 0.247 e. The van der Waals surface area contributed by atoms with E-state index in [-0.39, 0.29) is 0 Å². The molecule has 42 heavy (non-hydrogen) atoms. The van der Waals surface area contributed by atoms with Crippen LogP contribution in [0.25, 0.3) is 77.6 Å². The van der Waals surface area contributed by atoms with Gasteiger partial charge in [-0.3, -0.25) is 0 Å². The number of aromatic nitrogens is 3. The van der Waals surface area contributed by atoms with Crippen LogP contribution in [0, 0.1) is 0 Å². The third kappa shape index (κ3) is 4.20. The SMILES string of the molecule is c1ccc(-c2cc(-c3cccc(-c4nc5ccccc5c5c4ccc4ccccc45)c3)nc(-c3ccccc3)n2)cc1. The van der Waals surface area contributed by atoms with Gasteiger partial charge in [0.2, 0.25) is 0 Å². The maximum absolute atomic E-state index is 5.21. The van der Waals surface area contributed by atoms with E-state index < -0.39 is 0 Å². The minimum absolute atomic E-state index is 0.707. The van der Waals surface area contributed by atoms with Crippen molar-refractivity contribution in [2.45, 2.75) is 0 Å². The summed E-state index contributed by atoms with van der Waals surface area (Å²) in [5, 5.41) is 6.01. The molecule has 8 rings (SSSR count). The number of pyridine rings is 1. The molecule has 0 amide bonds. The summed E-state index contributed by atoms with van der Waals surface area (Å²) in [6, 6.07) is 52.5. The highest BCUT2D eigenvalue weighted by atomic mass is 14.9. The van der Waals surface area contributed by atoms with Crippen LogP contribution in [0.4, 0.5) is 0 Å². The predicted molar refractivity (Wildman–Crippen MR) is 174 cm³/mol. The topological polar surface area (TPSA) is 38.7 Å². The van der Waals surface area contributed by atoms with Crippen molar-refractivity contribution in [3.63, 3.8) is 0 Å². The molecule has 0 spiro atoms. The minimum Gasteiger partial charge on any atom is -0.247 e. The molecular weight excluding hydrogens is 510 g/mol. The average molecular weight is 536 g/mol. The lowest BCUT2D eigenvalue weighted by molar-refractivity contribution is 1.18. The van der Waals surface area contributed by atoms with Gasteiger partial charge in [0.15, 0.2) is 5.82 Å². The summed E-state index contributed by atoms with van der Waals surface area (Å²) >= 11 is 0. The summed E-state index contributed by atoms with van der Waals surface area (Å²) in [5.41, 5.74) is 7.85. The molecule has 2 aromatic heterocycles. The van der Waals surface area contributed by atoms with Gasteiger partial charge in [0.25, 0.3) is 0 Å². The molecule has 0 N–H and O–H groups in total. The number of hydrogen-bond acceptors (Lipinski definition) is 3. The van der Waals surface area contributed by atoms with Gasteiger partial charge in [0, 0.05) is 38.4 Å². The van der Waals surface area contributed by atoms with Crippen molar-refractivity contribution in [2.24, 2.45) is 0 Å². The van der Waals surface area contributed by atoms with Gasteiger partial charge in [-0.2, -0.15) is 0 Å². The zero-order valence-corrected chi connectivity index (χ0v) is 22.8. The summed E-state index contributed by atoms with van der Waals surface area (Å²) in [7, 11) is 0. The first-order chi connectivity index (χ1) is 20.8. The Morgan fingerprint density at radius 2 is 0.976 bits per heavy atom. The molecule has 0 aliphatic heterocycles. The molecule has 3 nitrogen and oxygen atoms in total. The lowest BCUT2D eigenvalue weighted by Gasteiger charge is -2.14. The molecule has 6 aromatic carbocycles. The van der Waals surface area contributed by atoms with E-state index in [4.69, 9.17) is 15.0 Å². The fraction of sp³-hybridized carbons (Fsp3) is 0. The lowest BCUT2D eigenvalue weighted by Crippen LogP contribution is -1.96. The van der Waals surface area contributed by atoms with Crippen molar-refractivity contribution in [3.8, 4) is 45.2 Å². The van der Waals surface area contributed by atoms with Crippen LogP contribution in [0.5, 0.6) is 0 Å². The van der Waals surface area contributed by atoms with Gasteiger partial charge in [-0.1, -0.05) is 133 Å². The Hall–Kier alpha value is -5.67. The summed E-state index contributed by atoms with van der Waals surface area (Å²) in [5.74, 6) is 0.707. The van der Waals surface area contributed by atoms with Gasteiger partial charge in [-0.15, -0.1) is 0 Å². The molecule has 0 aliphatic rings. The van der Waals surface area contributed by atoms with Crippen molar-refractivity contribution < 1.29 is 0 Å². The van der Waals surface area contributed by atoms with Crippen LogP contribution in [0.1, 0.15) is 0 Å². The predicted octanol–water partition coefficient (Wildman–Crippen LogP) is 10.00. The van der Waals surface area contributed by atoms with Crippen molar-refractivity contribution in [1.29, 1.82) is 0 Å². The molecule has 8 aromatic rings. The average Bonchev–Trinajstić information content (AvgIpc) is 3.08. The Morgan fingerprint density at radius 1 is 0.357 bits per heavy atom. The summed E-state index contributed by atoms with van der Waals surface area (Å²) in [6.45, 7) is 0. The van der Waals surface area contributed by atoms with Crippen LogP contribution in [0.2, 0.25) is 0 Å². The molecule has 3 heteroatoms. The van der Waals surface area contributed by atoms with E-state index in [2.05, 4.69) is 115 Å². The molecule has 196 valence electrons. The lowest BCUT2D eigenvalue weighted by atomic mass is 9.94. The zero-order chi connectivity index (χ0) is 27.9. The Balaban J connectivity index is 1.35. The summed E-state index contributed by atoms with van der Waals surface area (Å²) < 4.78 is 0. The fourth-order valence-electron chi connectivity index (χ4n) is 5.84. The van der Waals surface area contributed by atoms with E-state index in [1.54, 1.807) is 0 Å². The van der Waals surface area contributed by atoms with E-state index in [1.165, 1.54) is 21.5 Å². The quantitative estimate of drug-likeness (QED) is 0.211. The number of nitrogens with zero attached hydrogens (tertiary/aromatic N) is 3. The second-order valence-electron chi connectivity index (χ2n) is 10.5. The van der Waals surface area contributed by atoms with Gasteiger partial charge >= 0.3 is 0 Å². The normalized spacial score (nSPS) is 11.3. The van der Waals surface area contributed by atoms with Crippen LogP contribution >= 0.6 is 0 Å². The van der Waals surface area contributed by atoms with Crippen LogP contribution in [-0.2, 0) is 0 Å². The molecular formula is C39H25N3. The van der Waals surface area contributed by atoms with Crippen molar-refractivity contribution in [1.82, 2.24) is 15.0 Å². The zero-order valence-electron chi connectivity index (χ0n) is 22.8. The monoisotopic (exact) mass is 535 g/mol. The summed E-state index contributed by atoms with van der Waals surface area (Å²) in [4.78, 5) is 15.2. The van der Waals surface area contributed by atoms with E-state index in [0.717, 1.165) is 50.2 Å². The Bertz CT molecular complexity index is 2170. The molecule has 0 saturated carbocycles. The minimum atomic E-state index is 0.707. The van der Waals surface area contributed by atoms with Crippen molar-refractivity contribution in [2.75, 3.05) is 0 Å². The van der Waals surface area contributed by atoms with E-state index in [9.17, 15) is 0 Å². The van der Waals surface area contributed by atoms with Crippen LogP contribution in [0.15, 0.2) is 152 Å². The number of rotatable bonds is 4. The molecule has 0 unspecified atom stereocenters. The highest BCUT2D eigenvalue weighted by Gasteiger charge is 2.15. The number of hydrogen-bond donors (Lipinski definition) is 0. The van der Waals surface area contributed by atoms with Crippen LogP contribution in [-0.4, -0.2) is 15.0 Å². The highest BCUT2D eigenvalue weighted by molar-refractivity contribution is 6.22. The molecule has 0 saturated heterocycles. The molecule has 0 fully saturated rings. The number of fused-ring (bicyclic) bond motifs is 5. The second kappa shape index (κ2) is 10.1. The third-order valence-corrected chi connectivity index (χ3v) is 7.85. The number of para-hydroxylation sites is 1. The maximum Gasteiger partial charge on any atom is 0.160 e. The van der Waals surface area contributed by atoms with Crippen molar-refractivity contribution >= 4 is 32.4 Å². The van der Waals surface area contributed by atoms with Gasteiger partial charge in [0.05, 0.1) is 22.6 Å². The first-order valence-electron chi connectivity index (χ1n) is 14.1. The Labute approximate surface area is 243 Å². The van der Waals surface area contributed by atoms with Gasteiger partial charge < -0.3 is 0 Å². The molecule has 0 atom stereocenters.